The van der Waals surface area contributed by atoms with Gasteiger partial charge in [0.15, 0.2) is 0 Å². The number of esters is 1. The van der Waals surface area contributed by atoms with Gasteiger partial charge in [-0.05, 0) is 25.7 Å². The third kappa shape index (κ3) is 15.6. The van der Waals surface area contributed by atoms with Crippen molar-refractivity contribution < 1.29 is 19.7 Å². The van der Waals surface area contributed by atoms with Crippen molar-refractivity contribution in [2.24, 2.45) is 0 Å². The number of ether oxygens (including phenoxy) is 1. The molecule has 4 heteroatoms. The highest BCUT2D eigenvalue weighted by molar-refractivity contribution is 5.68. The van der Waals surface area contributed by atoms with Gasteiger partial charge in [-0.2, -0.15) is 0 Å². The topological polar surface area (TPSA) is 66.8 Å². The van der Waals surface area contributed by atoms with E-state index in [-0.39, 0.29) is 12.4 Å². The number of carbonyl (C=O) groups excluding carboxylic acids is 1. The summed E-state index contributed by atoms with van der Waals surface area (Å²) in [4.78, 5) is 11.0. The van der Waals surface area contributed by atoms with Crippen molar-refractivity contribution in [2.45, 2.75) is 70.5 Å². The largest absolute Gasteiger partial charge is 0.469 e. The lowest BCUT2D eigenvalue weighted by molar-refractivity contribution is -0.140. The molecule has 0 aromatic carbocycles. The SMILES string of the molecule is CCCCCC/C=C/C=C\C=C\C=C\[C@@H](O)[C@@H](O)CCCC(=O)OC. The standard InChI is InChI=1S/C21H34O4/c1-3-4-5-6-7-8-9-10-11-12-13-14-16-19(22)20(23)17-15-18-21(24)25-2/h8-14,16,19-20,22-23H,3-7,15,17-18H2,1-2H3/b9-8+,11-10-,13-12+,16-14+/t19-,20+/m1/s1. The van der Waals surface area contributed by atoms with Gasteiger partial charge in [-0.25, -0.2) is 0 Å². The Labute approximate surface area is 152 Å². The summed E-state index contributed by atoms with van der Waals surface area (Å²) in [5.74, 6) is -0.304. The van der Waals surface area contributed by atoms with Crippen molar-refractivity contribution in [1.82, 2.24) is 0 Å². The molecule has 0 bridgehead atoms. The highest BCUT2D eigenvalue weighted by Gasteiger charge is 2.13. The van der Waals surface area contributed by atoms with E-state index in [1.807, 2.05) is 24.3 Å². The van der Waals surface area contributed by atoms with Gasteiger partial charge in [-0.3, -0.25) is 4.79 Å². The molecule has 2 atom stereocenters. The van der Waals surface area contributed by atoms with E-state index in [0.717, 1.165) is 6.42 Å². The molecule has 0 unspecified atom stereocenters. The number of hydrogen-bond acceptors (Lipinski definition) is 4. The fourth-order valence-electron chi connectivity index (χ4n) is 2.15. The van der Waals surface area contributed by atoms with Crippen molar-refractivity contribution in [2.75, 3.05) is 7.11 Å². The normalized spacial score (nSPS) is 14.9. The maximum Gasteiger partial charge on any atom is 0.305 e. The van der Waals surface area contributed by atoms with Crippen LogP contribution >= 0.6 is 0 Å². The zero-order chi connectivity index (χ0) is 18.8. The third-order valence-corrected chi connectivity index (χ3v) is 3.73. The molecule has 25 heavy (non-hydrogen) atoms. The van der Waals surface area contributed by atoms with Crippen LogP contribution in [0.25, 0.3) is 0 Å². The van der Waals surface area contributed by atoms with Gasteiger partial charge in [0, 0.05) is 6.42 Å². The number of carbonyl (C=O) groups is 1. The summed E-state index contributed by atoms with van der Waals surface area (Å²) in [6, 6.07) is 0. The molecule has 0 aliphatic rings. The lowest BCUT2D eigenvalue weighted by atomic mass is 10.1. The van der Waals surface area contributed by atoms with Crippen LogP contribution < -0.4 is 0 Å². The average molecular weight is 350 g/mol. The predicted octanol–water partition coefficient (Wildman–Crippen LogP) is 4.25. The Kier molecular flexibility index (Phi) is 16.0. The molecular weight excluding hydrogens is 316 g/mol. The Morgan fingerprint density at radius 1 is 0.960 bits per heavy atom. The van der Waals surface area contributed by atoms with E-state index in [0.29, 0.717) is 12.8 Å². The highest BCUT2D eigenvalue weighted by Crippen LogP contribution is 2.07. The molecule has 0 saturated heterocycles. The molecule has 0 aromatic rings. The molecule has 0 fully saturated rings. The van der Waals surface area contributed by atoms with Crippen LogP contribution in [0.2, 0.25) is 0 Å². The van der Waals surface area contributed by atoms with Crippen LogP contribution in [-0.4, -0.2) is 35.5 Å². The summed E-state index contributed by atoms with van der Waals surface area (Å²) >= 11 is 0. The smallest absolute Gasteiger partial charge is 0.305 e. The van der Waals surface area contributed by atoms with Crippen LogP contribution in [0, 0.1) is 0 Å². The van der Waals surface area contributed by atoms with Crippen molar-refractivity contribution >= 4 is 5.97 Å². The van der Waals surface area contributed by atoms with E-state index in [4.69, 9.17) is 0 Å². The lowest BCUT2D eigenvalue weighted by Crippen LogP contribution is -2.23. The number of methoxy groups -OCH3 is 1. The van der Waals surface area contributed by atoms with Crippen LogP contribution in [0.3, 0.4) is 0 Å². The minimum Gasteiger partial charge on any atom is -0.469 e. The molecule has 0 aromatic heterocycles. The second-order valence-electron chi connectivity index (χ2n) is 5.96. The van der Waals surface area contributed by atoms with E-state index in [2.05, 4.69) is 17.7 Å². The van der Waals surface area contributed by atoms with Gasteiger partial charge in [0.25, 0.3) is 0 Å². The maximum atomic E-state index is 11.0. The summed E-state index contributed by atoms with van der Waals surface area (Å²) in [6.45, 7) is 2.21. The summed E-state index contributed by atoms with van der Waals surface area (Å²) in [5.41, 5.74) is 0. The van der Waals surface area contributed by atoms with Crippen molar-refractivity contribution in [1.29, 1.82) is 0 Å². The Balaban J connectivity index is 3.85. The first-order chi connectivity index (χ1) is 12.1. The minimum atomic E-state index is -0.936. The fourth-order valence-corrected chi connectivity index (χ4v) is 2.15. The van der Waals surface area contributed by atoms with Crippen molar-refractivity contribution in [3.8, 4) is 0 Å². The number of allylic oxidation sites excluding steroid dienone is 7. The van der Waals surface area contributed by atoms with Crippen molar-refractivity contribution in [3.05, 3.63) is 48.6 Å². The number of rotatable bonds is 14. The molecular formula is C21H34O4. The third-order valence-electron chi connectivity index (χ3n) is 3.73. The summed E-state index contributed by atoms with van der Waals surface area (Å²) in [7, 11) is 1.33. The van der Waals surface area contributed by atoms with E-state index >= 15 is 0 Å². The van der Waals surface area contributed by atoms with E-state index in [9.17, 15) is 15.0 Å². The number of unbranched alkanes of at least 4 members (excludes halogenated alkanes) is 4. The van der Waals surface area contributed by atoms with Crippen LogP contribution in [0.4, 0.5) is 0 Å². The predicted molar refractivity (Wildman–Crippen MR) is 103 cm³/mol. The van der Waals surface area contributed by atoms with Gasteiger partial charge in [0.05, 0.1) is 19.3 Å². The van der Waals surface area contributed by atoms with Gasteiger partial charge in [-0.1, -0.05) is 74.8 Å². The van der Waals surface area contributed by atoms with E-state index in [1.165, 1.54) is 38.9 Å². The quantitative estimate of drug-likeness (QED) is 0.279. The number of aliphatic hydroxyl groups excluding tert-OH is 2. The van der Waals surface area contributed by atoms with Gasteiger partial charge in [-0.15, -0.1) is 0 Å². The molecule has 0 aliphatic carbocycles. The maximum absolute atomic E-state index is 11.0. The highest BCUT2D eigenvalue weighted by atomic mass is 16.5. The molecule has 4 nitrogen and oxygen atoms in total. The first-order valence-electron chi connectivity index (χ1n) is 9.21. The van der Waals surface area contributed by atoms with Gasteiger partial charge < -0.3 is 14.9 Å². The zero-order valence-electron chi connectivity index (χ0n) is 15.6. The lowest BCUT2D eigenvalue weighted by Gasteiger charge is -2.13. The average Bonchev–Trinajstić information content (AvgIpc) is 2.62. The summed E-state index contributed by atoms with van der Waals surface area (Å²) in [6.07, 6.45) is 20.5. The molecule has 0 amide bonds. The second-order valence-corrected chi connectivity index (χ2v) is 5.96. The number of aliphatic hydroxyl groups is 2. The van der Waals surface area contributed by atoms with Gasteiger partial charge in [0.2, 0.25) is 0 Å². The Hall–Kier alpha value is -1.65. The molecule has 0 rings (SSSR count). The fraction of sp³-hybridized carbons (Fsp3) is 0.571. The van der Waals surface area contributed by atoms with Gasteiger partial charge >= 0.3 is 5.97 Å². The first-order valence-corrected chi connectivity index (χ1v) is 9.21. The summed E-state index contributed by atoms with van der Waals surface area (Å²) < 4.78 is 4.52. The molecule has 0 aliphatic heterocycles. The van der Waals surface area contributed by atoms with Crippen LogP contribution in [0.1, 0.15) is 58.3 Å². The minimum absolute atomic E-state index is 0.251. The van der Waals surface area contributed by atoms with Crippen LogP contribution in [0.5, 0.6) is 0 Å². The Morgan fingerprint density at radius 2 is 1.64 bits per heavy atom. The molecule has 142 valence electrons. The number of hydrogen-bond donors (Lipinski definition) is 2. The van der Waals surface area contributed by atoms with Crippen molar-refractivity contribution in [3.63, 3.8) is 0 Å². The van der Waals surface area contributed by atoms with Crippen LogP contribution in [0.15, 0.2) is 48.6 Å². The van der Waals surface area contributed by atoms with E-state index in [1.54, 1.807) is 12.2 Å². The molecule has 0 saturated carbocycles. The van der Waals surface area contributed by atoms with Gasteiger partial charge in [0.1, 0.15) is 0 Å². The van der Waals surface area contributed by atoms with Crippen LogP contribution in [-0.2, 0) is 9.53 Å². The Bertz CT molecular complexity index is 435. The Morgan fingerprint density at radius 3 is 2.32 bits per heavy atom. The molecule has 2 N–H and O–H groups in total. The van der Waals surface area contributed by atoms with E-state index < -0.39 is 12.2 Å². The second kappa shape index (κ2) is 17.2. The zero-order valence-corrected chi connectivity index (χ0v) is 15.6. The molecule has 0 spiro atoms. The first kappa shape index (κ1) is 23.4. The molecule has 0 heterocycles. The summed E-state index contributed by atoms with van der Waals surface area (Å²) in [5, 5.41) is 19.6. The monoisotopic (exact) mass is 350 g/mol. The molecule has 0 radical (unpaired) electrons.